The van der Waals surface area contributed by atoms with Gasteiger partial charge in [-0.25, -0.2) is 0 Å². The van der Waals surface area contributed by atoms with Gasteiger partial charge in [0.1, 0.15) is 11.5 Å². The number of rotatable bonds is 6. The van der Waals surface area contributed by atoms with Crippen LogP contribution in [0.25, 0.3) is 0 Å². The maximum atomic E-state index is 11.8. The number of aliphatic carboxylic acids is 2. The van der Waals surface area contributed by atoms with Crippen molar-refractivity contribution < 1.29 is 34.4 Å². The Balaban J connectivity index is 2.39. The van der Waals surface area contributed by atoms with Crippen molar-refractivity contribution in [1.29, 1.82) is 0 Å². The number of amides is 1. The summed E-state index contributed by atoms with van der Waals surface area (Å²) in [5.74, 6) is -6.69. The van der Waals surface area contributed by atoms with Gasteiger partial charge in [0.15, 0.2) is 0 Å². The zero-order chi connectivity index (χ0) is 16.4. The number of aromatic hydroxyl groups is 1. The average molecular weight is 309 g/mol. The Kier molecular flexibility index (Phi) is 4.20. The molecular formula is C14H15NO7. The number of hydrogen-bond donors (Lipinski definition) is 4. The van der Waals surface area contributed by atoms with Crippen molar-refractivity contribution in [1.82, 2.24) is 0 Å². The molecule has 2 unspecified atom stereocenters. The largest absolute Gasteiger partial charge is 0.508 e. The molecule has 118 valence electrons. The lowest BCUT2D eigenvalue weighted by Crippen LogP contribution is -2.40. The van der Waals surface area contributed by atoms with Crippen molar-refractivity contribution in [2.45, 2.75) is 12.3 Å². The molecule has 0 radical (unpaired) electrons. The van der Waals surface area contributed by atoms with Crippen LogP contribution in [-0.4, -0.2) is 39.8 Å². The second kappa shape index (κ2) is 5.92. The number of nitrogens with two attached hydrogens (primary N) is 1. The first-order chi connectivity index (χ1) is 10.3. The smallest absolute Gasteiger partial charge is 0.307 e. The number of primary amides is 1. The van der Waals surface area contributed by atoms with E-state index < -0.39 is 42.0 Å². The van der Waals surface area contributed by atoms with Crippen molar-refractivity contribution in [2.75, 3.05) is 6.61 Å². The molecule has 0 fully saturated rings. The van der Waals surface area contributed by atoms with Crippen LogP contribution in [0, 0.1) is 11.8 Å². The van der Waals surface area contributed by atoms with E-state index in [9.17, 15) is 24.6 Å². The summed E-state index contributed by atoms with van der Waals surface area (Å²) in [6.45, 7) is -0.00417. The monoisotopic (exact) mass is 309 g/mol. The lowest BCUT2D eigenvalue weighted by Gasteiger charge is -2.24. The van der Waals surface area contributed by atoms with Gasteiger partial charge in [-0.2, -0.15) is 0 Å². The summed E-state index contributed by atoms with van der Waals surface area (Å²) in [7, 11) is 0. The highest BCUT2D eigenvalue weighted by Crippen LogP contribution is 2.43. The second-order valence-corrected chi connectivity index (χ2v) is 5.11. The first-order valence-electron chi connectivity index (χ1n) is 6.51. The molecule has 8 nitrogen and oxygen atoms in total. The standard InChI is InChI=1S/C14H15NO7/c15-13(19)12(8(14(20)21)4-11(17)18)9-5-22-10-3-6(16)1-2-7(9)10/h1-3,8-9,12,16H,4-5H2,(H2,15,19)(H,17,18)(H,20,21)/t8?,9-,12?/m1/s1. The zero-order valence-electron chi connectivity index (χ0n) is 11.4. The first-order valence-corrected chi connectivity index (χ1v) is 6.51. The number of fused-ring (bicyclic) bond motifs is 1. The third-order valence-electron chi connectivity index (χ3n) is 3.72. The number of phenols is 1. The first kappa shape index (κ1) is 15.6. The minimum absolute atomic E-state index is 0.00417. The molecular weight excluding hydrogens is 294 g/mol. The molecule has 0 bridgehead atoms. The highest BCUT2D eigenvalue weighted by Gasteiger charge is 2.43. The predicted molar refractivity (Wildman–Crippen MR) is 72.4 cm³/mol. The van der Waals surface area contributed by atoms with Crippen LogP contribution in [0.5, 0.6) is 11.5 Å². The Bertz CT molecular complexity index is 628. The van der Waals surface area contributed by atoms with Crippen molar-refractivity contribution in [3.8, 4) is 11.5 Å². The molecule has 0 saturated heterocycles. The SMILES string of the molecule is NC(=O)C(C(CC(=O)O)C(=O)O)[C@@H]1COc2cc(O)ccc21. The van der Waals surface area contributed by atoms with Crippen LogP contribution in [-0.2, 0) is 14.4 Å². The van der Waals surface area contributed by atoms with E-state index in [0.717, 1.165) is 0 Å². The van der Waals surface area contributed by atoms with Crippen molar-refractivity contribution in [3.63, 3.8) is 0 Å². The molecule has 1 aromatic carbocycles. The highest BCUT2D eigenvalue weighted by molar-refractivity contribution is 5.87. The highest BCUT2D eigenvalue weighted by atomic mass is 16.5. The molecule has 5 N–H and O–H groups in total. The van der Waals surface area contributed by atoms with Gasteiger partial charge in [0.05, 0.1) is 24.9 Å². The Morgan fingerprint density at radius 1 is 1.32 bits per heavy atom. The maximum Gasteiger partial charge on any atom is 0.307 e. The number of carbonyl (C=O) groups excluding carboxylic acids is 1. The molecule has 0 aliphatic carbocycles. The molecule has 1 aromatic rings. The fourth-order valence-electron chi connectivity index (χ4n) is 2.75. The summed E-state index contributed by atoms with van der Waals surface area (Å²) in [5.41, 5.74) is 5.84. The van der Waals surface area contributed by atoms with E-state index in [0.29, 0.717) is 11.3 Å². The number of phenolic OH excluding ortho intramolecular Hbond substituents is 1. The predicted octanol–water partition coefficient (Wildman–Crippen LogP) is 0.145. The molecule has 3 atom stereocenters. The Morgan fingerprint density at radius 3 is 2.55 bits per heavy atom. The van der Waals surface area contributed by atoms with Gasteiger partial charge < -0.3 is 25.8 Å². The molecule has 22 heavy (non-hydrogen) atoms. The molecule has 1 amide bonds. The molecule has 0 spiro atoms. The Morgan fingerprint density at radius 2 is 2.00 bits per heavy atom. The molecule has 1 aliphatic heterocycles. The Labute approximate surface area is 125 Å². The topological polar surface area (TPSA) is 147 Å². The zero-order valence-corrected chi connectivity index (χ0v) is 11.4. The van der Waals surface area contributed by atoms with E-state index in [1.807, 2.05) is 0 Å². The van der Waals surface area contributed by atoms with Gasteiger partial charge in [-0.15, -0.1) is 0 Å². The van der Waals surface area contributed by atoms with Gasteiger partial charge in [0.25, 0.3) is 0 Å². The van der Waals surface area contributed by atoms with Crippen molar-refractivity contribution in [2.24, 2.45) is 17.6 Å². The third-order valence-corrected chi connectivity index (χ3v) is 3.72. The van der Waals surface area contributed by atoms with E-state index in [1.54, 1.807) is 0 Å². The number of carboxylic acid groups (broad SMARTS) is 2. The number of ether oxygens (including phenoxy) is 1. The fraction of sp³-hybridized carbons (Fsp3) is 0.357. The normalized spacial score (nSPS) is 18.8. The lowest BCUT2D eigenvalue weighted by molar-refractivity contribution is -0.152. The summed E-state index contributed by atoms with van der Waals surface area (Å²) < 4.78 is 5.35. The minimum atomic E-state index is -1.46. The van der Waals surface area contributed by atoms with E-state index in [-0.39, 0.29) is 12.4 Å². The fourth-order valence-corrected chi connectivity index (χ4v) is 2.75. The van der Waals surface area contributed by atoms with Crippen molar-refractivity contribution in [3.05, 3.63) is 23.8 Å². The number of hydrogen-bond acceptors (Lipinski definition) is 5. The molecule has 1 aliphatic rings. The van der Waals surface area contributed by atoms with Gasteiger partial charge in [-0.3, -0.25) is 14.4 Å². The summed E-state index contributed by atoms with van der Waals surface area (Å²) >= 11 is 0. The van der Waals surface area contributed by atoms with Crippen LogP contribution in [0.1, 0.15) is 17.9 Å². The van der Waals surface area contributed by atoms with E-state index in [2.05, 4.69) is 0 Å². The van der Waals surface area contributed by atoms with Crippen LogP contribution in [0.3, 0.4) is 0 Å². The Hall–Kier alpha value is -2.77. The second-order valence-electron chi connectivity index (χ2n) is 5.11. The van der Waals surface area contributed by atoms with Crippen LogP contribution < -0.4 is 10.5 Å². The molecule has 8 heteroatoms. The van der Waals surface area contributed by atoms with Gasteiger partial charge >= 0.3 is 11.9 Å². The van der Waals surface area contributed by atoms with Gasteiger partial charge in [0, 0.05) is 17.5 Å². The molecule has 0 saturated carbocycles. The van der Waals surface area contributed by atoms with Gasteiger partial charge in [0.2, 0.25) is 5.91 Å². The molecule has 0 aromatic heterocycles. The number of carboxylic acids is 2. The maximum absolute atomic E-state index is 11.8. The lowest BCUT2D eigenvalue weighted by atomic mass is 9.77. The van der Waals surface area contributed by atoms with Crippen LogP contribution >= 0.6 is 0 Å². The summed E-state index contributed by atoms with van der Waals surface area (Å²) in [4.78, 5) is 34.0. The van der Waals surface area contributed by atoms with Crippen LogP contribution in [0.2, 0.25) is 0 Å². The van der Waals surface area contributed by atoms with E-state index in [1.165, 1.54) is 18.2 Å². The summed E-state index contributed by atoms with van der Waals surface area (Å²) in [6, 6.07) is 4.24. The van der Waals surface area contributed by atoms with Crippen LogP contribution in [0.15, 0.2) is 18.2 Å². The summed E-state index contributed by atoms with van der Waals surface area (Å²) in [5, 5.41) is 27.5. The van der Waals surface area contributed by atoms with Crippen LogP contribution in [0.4, 0.5) is 0 Å². The minimum Gasteiger partial charge on any atom is -0.508 e. The summed E-state index contributed by atoms with van der Waals surface area (Å²) in [6.07, 6.45) is -0.715. The van der Waals surface area contributed by atoms with Gasteiger partial charge in [-0.05, 0) is 6.07 Å². The average Bonchev–Trinajstić information content (AvgIpc) is 2.80. The molecule has 1 heterocycles. The molecule has 2 rings (SSSR count). The van der Waals surface area contributed by atoms with E-state index >= 15 is 0 Å². The third kappa shape index (κ3) is 2.95. The van der Waals surface area contributed by atoms with E-state index in [4.69, 9.17) is 15.6 Å². The van der Waals surface area contributed by atoms with Gasteiger partial charge in [-0.1, -0.05) is 6.07 Å². The number of benzene rings is 1. The van der Waals surface area contributed by atoms with Crippen molar-refractivity contribution >= 4 is 17.8 Å². The quantitative estimate of drug-likeness (QED) is 0.584. The number of carbonyl (C=O) groups is 3.